The molecular weight excluding hydrogens is 348 g/mol. The molecule has 0 saturated carbocycles. The van der Waals surface area contributed by atoms with Crippen molar-refractivity contribution in [3.8, 4) is 0 Å². The van der Waals surface area contributed by atoms with Gasteiger partial charge in [0.05, 0.1) is 0 Å². The van der Waals surface area contributed by atoms with Gasteiger partial charge in [-0.05, 0) is 49.1 Å². The molecule has 1 aliphatic heterocycles. The fraction of sp³-hybridized carbons (Fsp3) is 0.375. The summed E-state index contributed by atoms with van der Waals surface area (Å²) in [6.07, 6.45) is 0. The molecule has 146 valence electrons. The van der Waals surface area contributed by atoms with Crippen molar-refractivity contribution in [2.75, 3.05) is 26.2 Å². The van der Waals surface area contributed by atoms with E-state index in [1.165, 1.54) is 16.7 Å². The van der Waals surface area contributed by atoms with Gasteiger partial charge in [-0.2, -0.15) is 0 Å². The van der Waals surface area contributed by atoms with Crippen LogP contribution in [0.2, 0.25) is 0 Å². The minimum absolute atomic E-state index is 0.262. The molecule has 0 bridgehead atoms. The van der Waals surface area contributed by atoms with Crippen LogP contribution in [-0.2, 0) is 13.1 Å². The molecule has 0 amide bonds. The molecule has 3 aromatic rings. The molecule has 0 spiro atoms. The van der Waals surface area contributed by atoms with Gasteiger partial charge >= 0.3 is 5.63 Å². The lowest BCUT2D eigenvalue weighted by molar-refractivity contribution is 0.122. The summed E-state index contributed by atoms with van der Waals surface area (Å²) >= 11 is 0. The Labute approximate surface area is 166 Å². The highest BCUT2D eigenvalue weighted by Gasteiger charge is 2.19. The van der Waals surface area contributed by atoms with E-state index in [1.807, 2.05) is 13.0 Å². The van der Waals surface area contributed by atoms with Crippen LogP contribution < -0.4 is 5.63 Å². The minimum atomic E-state index is -0.262. The zero-order valence-corrected chi connectivity index (χ0v) is 17.0. The quantitative estimate of drug-likeness (QED) is 0.644. The monoisotopic (exact) mass is 376 g/mol. The van der Waals surface area contributed by atoms with E-state index in [0.717, 1.165) is 55.8 Å². The van der Waals surface area contributed by atoms with Crippen LogP contribution in [0, 0.1) is 20.8 Å². The lowest BCUT2D eigenvalue weighted by atomic mass is 10.0. The first-order valence-electron chi connectivity index (χ1n) is 10.0. The summed E-state index contributed by atoms with van der Waals surface area (Å²) in [5.74, 6) is 0. The first-order valence-corrected chi connectivity index (χ1v) is 10.0. The Bertz CT molecular complexity index is 1050. The van der Waals surface area contributed by atoms with Crippen molar-refractivity contribution in [2.24, 2.45) is 0 Å². The van der Waals surface area contributed by atoms with E-state index in [4.69, 9.17) is 4.42 Å². The first-order chi connectivity index (χ1) is 13.5. The van der Waals surface area contributed by atoms with E-state index in [0.29, 0.717) is 5.58 Å². The molecule has 28 heavy (non-hydrogen) atoms. The topological polar surface area (TPSA) is 36.7 Å². The molecule has 1 aromatic heterocycles. The minimum Gasteiger partial charge on any atom is -0.423 e. The summed E-state index contributed by atoms with van der Waals surface area (Å²) in [4.78, 5) is 16.9. The molecule has 0 radical (unpaired) electrons. The van der Waals surface area contributed by atoms with Gasteiger partial charge in [0.2, 0.25) is 0 Å². The maximum Gasteiger partial charge on any atom is 0.336 e. The summed E-state index contributed by atoms with van der Waals surface area (Å²) in [7, 11) is 0. The fourth-order valence-electron chi connectivity index (χ4n) is 4.03. The highest BCUT2D eigenvalue weighted by Crippen LogP contribution is 2.21. The second kappa shape index (κ2) is 7.90. The molecule has 1 aliphatic rings. The standard InChI is InChI=1S/C24H28N2O2/c1-17-4-6-19(3)20(12-17)15-25-8-10-26(11-9-25)16-21-14-24(27)28-23-13-18(2)5-7-22(21)23/h4-7,12-14H,8-11,15-16H2,1-3H3. The first kappa shape index (κ1) is 18.9. The molecule has 4 rings (SSSR count). The van der Waals surface area contributed by atoms with E-state index in [-0.39, 0.29) is 5.63 Å². The molecular formula is C24H28N2O2. The Morgan fingerprint density at radius 3 is 2.11 bits per heavy atom. The Kier molecular flexibility index (Phi) is 5.33. The van der Waals surface area contributed by atoms with Crippen LogP contribution in [0.1, 0.15) is 27.8 Å². The molecule has 0 N–H and O–H groups in total. The van der Waals surface area contributed by atoms with Crippen molar-refractivity contribution in [3.05, 3.63) is 80.7 Å². The normalized spacial score (nSPS) is 16.0. The van der Waals surface area contributed by atoms with Crippen molar-refractivity contribution in [2.45, 2.75) is 33.9 Å². The highest BCUT2D eigenvalue weighted by molar-refractivity contribution is 5.80. The Morgan fingerprint density at radius 2 is 1.39 bits per heavy atom. The van der Waals surface area contributed by atoms with Crippen molar-refractivity contribution in [3.63, 3.8) is 0 Å². The van der Waals surface area contributed by atoms with E-state index in [1.54, 1.807) is 6.07 Å². The van der Waals surface area contributed by atoms with E-state index < -0.39 is 0 Å². The van der Waals surface area contributed by atoms with Crippen molar-refractivity contribution < 1.29 is 4.42 Å². The number of rotatable bonds is 4. The Balaban J connectivity index is 1.43. The number of nitrogens with zero attached hydrogens (tertiary/aromatic N) is 2. The summed E-state index contributed by atoms with van der Waals surface area (Å²) in [5.41, 5.74) is 6.71. The van der Waals surface area contributed by atoms with Gasteiger partial charge in [0.15, 0.2) is 0 Å². The molecule has 1 fully saturated rings. The molecule has 4 nitrogen and oxygen atoms in total. The smallest absolute Gasteiger partial charge is 0.336 e. The average Bonchev–Trinajstić information content (AvgIpc) is 2.66. The molecule has 0 atom stereocenters. The van der Waals surface area contributed by atoms with Gasteiger partial charge in [0.25, 0.3) is 0 Å². The number of fused-ring (bicyclic) bond motifs is 1. The van der Waals surface area contributed by atoms with Gasteiger partial charge in [-0.25, -0.2) is 4.79 Å². The molecule has 2 aromatic carbocycles. The summed E-state index contributed by atoms with van der Waals surface area (Å²) in [5, 5.41) is 1.04. The van der Waals surface area contributed by atoms with Crippen LogP contribution in [0.4, 0.5) is 0 Å². The molecule has 4 heteroatoms. The van der Waals surface area contributed by atoms with Crippen molar-refractivity contribution in [1.29, 1.82) is 0 Å². The lowest BCUT2D eigenvalue weighted by Gasteiger charge is -2.35. The third-order valence-electron chi connectivity index (χ3n) is 5.74. The summed E-state index contributed by atoms with van der Waals surface area (Å²) < 4.78 is 5.39. The van der Waals surface area contributed by atoms with Gasteiger partial charge in [-0.3, -0.25) is 9.80 Å². The van der Waals surface area contributed by atoms with Gasteiger partial charge in [0, 0.05) is 50.7 Å². The number of benzene rings is 2. The SMILES string of the molecule is Cc1ccc(C)c(CN2CCN(Cc3cc(=O)oc4cc(C)ccc34)CC2)c1. The highest BCUT2D eigenvalue weighted by atomic mass is 16.4. The van der Waals surface area contributed by atoms with Crippen LogP contribution in [0.15, 0.2) is 51.7 Å². The average molecular weight is 377 g/mol. The van der Waals surface area contributed by atoms with E-state index >= 15 is 0 Å². The lowest BCUT2D eigenvalue weighted by Crippen LogP contribution is -2.45. The number of hydrogen-bond donors (Lipinski definition) is 0. The zero-order chi connectivity index (χ0) is 19.7. The summed E-state index contributed by atoms with van der Waals surface area (Å²) in [6.45, 7) is 12.3. The second-order valence-corrected chi connectivity index (χ2v) is 8.07. The van der Waals surface area contributed by atoms with E-state index in [2.05, 4.69) is 54.0 Å². The maximum atomic E-state index is 12.0. The third-order valence-corrected chi connectivity index (χ3v) is 5.74. The van der Waals surface area contributed by atoms with Crippen LogP contribution in [0.5, 0.6) is 0 Å². The second-order valence-electron chi connectivity index (χ2n) is 8.07. The van der Waals surface area contributed by atoms with Crippen LogP contribution in [0.3, 0.4) is 0 Å². The Morgan fingerprint density at radius 1 is 0.786 bits per heavy atom. The third kappa shape index (κ3) is 4.18. The van der Waals surface area contributed by atoms with Gasteiger partial charge < -0.3 is 4.42 Å². The van der Waals surface area contributed by atoms with Gasteiger partial charge in [-0.1, -0.05) is 35.9 Å². The molecule has 0 unspecified atom stereocenters. The maximum absolute atomic E-state index is 12.0. The Hall–Kier alpha value is -2.43. The number of piperazine rings is 1. The zero-order valence-electron chi connectivity index (χ0n) is 17.0. The predicted molar refractivity (Wildman–Crippen MR) is 114 cm³/mol. The predicted octanol–water partition coefficient (Wildman–Crippen LogP) is 4.04. The van der Waals surface area contributed by atoms with Crippen LogP contribution in [-0.4, -0.2) is 36.0 Å². The van der Waals surface area contributed by atoms with Crippen LogP contribution in [0.25, 0.3) is 11.0 Å². The molecule has 1 saturated heterocycles. The van der Waals surface area contributed by atoms with Gasteiger partial charge in [-0.15, -0.1) is 0 Å². The number of hydrogen-bond acceptors (Lipinski definition) is 4. The number of aryl methyl sites for hydroxylation is 3. The van der Waals surface area contributed by atoms with E-state index in [9.17, 15) is 4.79 Å². The van der Waals surface area contributed by atoms with Crippen molar-refractivity contribution in [1.82, 2.24) is 9.80 Å². The molecule has 0 aliphatic carbocycles. The molecule has 2 heterocycles. The summed E-state index contributed by atoms with van der Waals surface area (Å²) in [6, 6.07) is 14.4. The van der Waals surface area contributed by atoms with Crippen LogP contribution >= 0.6 is 0 Å². The fourth-order valence-corrected chi connectivity index (χ4v) is 4.03. The largest absolute Gasteiger partial charge is 0.423 e. The van der Waals surface area contributed by atoms with Gasteiger partial charge in [0.1, 0.15) is 5.58 Å². The van der Waals surface area contributed by atoms with Crippen molar-refractivity contribution >= 4 is 11.0 Å².